The Balaban J connectivity index is 1.41. The van der Waals surface area contributed by atoms with Crippen molar-refractivity contribution in [3.8, 4) is 11.5 Å². The van der Waals surface area contributed by atoms with Crippen LogP contribution in [0.4, 0.5) is 5.69 Å². The zero-order valence-corrected chi connectivity index (χ0v) is 19.2. The summed E-state index contributed by atoms with van der Waals surface area (Å²) in [6.45, 7) is 3.68. The van der Waals surface area contributed by atoms with E-state index in [4.69, 9.17) is 14.6 Å². The predicted molar refractivity (Wildman–Crippen MR) is 117 cm³/mol. The fourth-order valence-corrected chi connectivity index (χ4v) is 7.38. The summed E-state index contributed by atoms with van der Waals surface area (Å²) in [5.41, 5.74) is -3.37. The van der Waals surface area contributed by atoms with Crippen LogP contribution in [0.1, 0.15) is 56.3 Å². The summed E-state index contributed by atoms with van der Waals surface area (Å²) in [5, 5.41) is 41.6. The quantitative estimate of drug-likeness (QED) is 0.293. The largest absolute Gasteiger partial charge is 0.506 e. The molecule has 188 valence electrons. The van der Waals surface area contributed by atoms with E-state index in [1.54, 1.807) is 6.92 Å². The molecule has 4 bridgehead atoms. The highest BCUT2D eigenvalue weighted by molar-refractivity contribution is 5.99. The second kappa shape index (κ2) is 7.33. The molecule has 3 aliphatic heterocycles. The van der Waals surface area contributed by atoms with E-state index in [0.717, 1.165) is 12.1 Å². The van der Waals surface area contributed by atoms with Crippen molar-refractivity contribution in [2.24, 2.45) is 22.7 Å². The van der Waals surface area contributed by atoms with E-state index < -0.39 is 75.0 Å². The Hall–Kier alpha value is -3.34. The van der Waals surface area contributed by atoms with Gasteiger partial charge in [0.1, 0.15) is 17.0 Å². The summed E-state index contributed by atoms with van der Waals surface area (Å²) in [6.07, 6.45) is -0.276. The van der Waals surface area contributed by atoms with Crippen molar-refractivity contribution >= 4 is 29.5 Å². The summed E-state index contributed by atoms with van der Waals surface area (Å²) in [6, 6.07) is 2.04. The van der Waals surface area contributed by atoms with Crippen molar-refractivity contribution in [2.45, 2.75) is 63.8 Å². The zero-order chi connectivity index (χ0) is 25.5. The molecule has 1 amide bonds. The predicted octanol–water partition coefficient (Wildman–Crippen LogP) is 2.10. The SMILES string of the molecule is C[C@]1(CCC(=O)Nc2c(O)ccc(C(=O)O)c2O)[C@@H](C(=O)O)OC(=O)[C@@]23C[C@@H]4C[C@@H](O[C@]4(C)C2)[C@@H]31. The van der Waals surface area contributed by atoms with Crippen LogP contribution >= 0.6 is 0 Å². The number of aromatic carboxylic acids is 1. The maximum Gasteiger partial charge on any atom is 0.345 e. The van der Waals surface area contributed by atoms with Gasteiger partial charge in [-0.25, -0.2) is 9.59 Å². The van der Waals surface area contributed by atoms with Crippen molar-refractivity contribution < 1.29 is 49.1 Å². The number of amides is 1. The minimum absolute atomic E-state index is 0.0247. The number of hydrogen-bond donors (Lipinski definition) is 5. The van der Waals surface area contributed by atoms with Crippen LogP contribution in [0.3, 0.4) is 0 Å². The molecule has 7 atom stereocenters. The molecule has 0 radical (unpaired) electrons. The van der Waals surface area contributed by atoms with Gasteiger partial charge in [-0.15, -0.1) is 0 Å². The molecular formula is C24H27NO10. The highest BCUT2D eigenvalue weighted by atomic mass is 16.6. The van der Waals surface area contributed by atoms with Gasteiger partial charge in [-0.2, -0.15) is 0 Å². The van der Waals surface area contributed by atoms with Crippen molar-refractivity contribution in [1.82, 2.24) is 0 Å². The highest BCUT2D eigenvalue weighted by Gasteiger charge is 2.77. The van der Waals surface area contributed by atoms with Gasteiger partial charge in [0, 0.05) is 17.8 Å². The first-order valence-corrected chi connectivity index (χ1v) is 11.5. The van der Waals surface area contributed by atoms with Crippen LogP contribution in [0.15, 0.2) is 12.1 Å². The Kier molecular flexibility index (Phi) is 4.90. The third-order valence-corrected chi connectivity index (χ3v) is 8.75. The van der Waals surface area contributed by atoms with Crippen LogP contribution in [-0.4, -0.2) is 62.1 Å². The van der Waals surface area contributed by atoms with Gasteiger partial charge in [0.25, 0.3) is 0 Å². The van der Waals surface area contributed by atoms with E-state index >= 15 is 0 Å². The maximum absolute atomic E-state index is 13.1. The van der Waals surface area contributed by atoms with Crippen LogP contribution in [0.2, 0.25) is 0 Å². The molecule has 0 unspecified atom stereocenters. The summed E-state index contributed by atoms with van der Waals surface area (Å²) in [7, 11) is 0. The lowest BCUT2D eigenvalue weighted by Crippen LogP contribution is -2.66. The Morgan fingerprint density at radius 1 is 1.17 bits per heavy atom. The van der Waals surface area contributed by atoms with Gasteiger partial charge >= 0.3 is 17.9 Å². The molecule has 11 heteroatoms. The number of rotatable bonds is 6. The number of benzene rings is 1. The monoisotopic (exact) mass is 489 g/mol. The van der Waals surface area contributed by atoms with E-state index in [2.05, 4.69) is 5.32 Å². The summed E-state index contributed by atoms with van der Waals surface area (Å²) < 4.78 is 11.8. The highest BCUT2D eigenvalue weighted by Crippen LogP contribution is 2.72. The number of carbonyl (C=O) groups is 4. The summed E-state index contributed by atoms with van der Waals surface area (Å²) in [5.74, 6) is -5.50. The third kappa shape index (κ3) is 3.13. The fourth-order valence-electron chi connectivity index (χ4n) is 7.38. The Bertz CT molecular complexity index is 1170. The lowest BCUT2D eigenvalue weighted by molar-refractivity contribution is -0.246. The molecular weight excluding hydrogens is 462 g/mol. The number of aromatic hydroxyl groups is 2. The number of carboxylic acids is 2. The second-order valence-electron chi connectivity index (χ2n) is 10.8. The molecule has 2 aliphatic carbocycles. The molecule has 2 saturated carbocycles. The molecule has 0 aromatic heterocycles. The Morgan fingerprint density at radius 2 is 1.89 bits per heavy atom. The number of phenolic OH excluding ortho intramolecular Hbond substituents is 1. The molecule has 6 rings (SSSR count). The number of nitrogens with one attached hydrogen (secondary N) is 1. The Morgan fingerprint density at radius 3 is 2.51 bits per heavy atom. The minimum Gasteiger partial charge on any atom is -0.506 e. The number of phenols is 2. The standard InChI is InChI=1S/C24H27NO10/c1-22(6-5-14(27)25-15-12(26)4-3-11(16(15)28)19(29)30)17-13-7-10-8-24(17,9-23(10,2)35-13)21(33)34-18(22)20(31)32/h3-4,10,13,17-18,26,28H,5-9H2,1-2H3,(H,25,27)(H,29,30)(H,31,32)/t10-,13+,17+,18+,22+,23+,24-/m0/s1. The number of hydrogen-bond acceptors (Lipinski definition) is 8. The molecule has 11 nitrogen and oxygen atoms in total. The van der Waals surface area contributed by atoms with Crippen molar-refractivity contribution in [3.05, 3.63) is 17.7 Å². The molecule has 35 heavy (non-hydrogen) atoms. The molecule has 1 spiro atoms. The number of carboxylic acid groups (broad SMARTS) is 2. The normalized spacial score (nSPS) is 38.6. The number of esters is 1. The Labute approximate surface area is 200 Å². The van der Waals surface area contributed by atoms with Crippen molar-refractivity contribution in [1.29, 1.82) is 0 Å². The van der Waals surface area contributed by atoms with Gasteiger partial charge in [-0.1, -0.05) is 6.92 Å². The molecule has 3 saturated heterocycles. The van der Waals surface area contributed by atoms with Crippen molar-refractivity contribution in [3.63, 3.8) is 0 Å². The molecule has 3 heterocycles. The third-order valence-electron chi connectivity index (χ3n) is 8.75. The van der Waals surface area contributed by atoms with E-state index in [1.165, 1.54) is 0 Å². The van der Waals surface area contributed by atoms with Crippen LogP contribution in [0.25, 0.3) is 0 Å². The number of aliphatic carboxylic acids is 1. The van der Waals surface area contributed by atoms with E-state index in [1.807, 2.05) is 6.92 Å². The van der Waals surface area contributed by atoms with E-state index in [0.29, 0.717) is 19.3 Å². The van der Waals surface area contributed by atoms with E-state index in [-0.39, 0.29) is 24.9 Å². The smallest absolute Gasteiger partial charge is 0.345 e. The average Bonchev–Trinajstić information content (AvgIpc) is 3.13. The first-order valence-electron chi connectivity index (χ1n) is 11.5. The van der Waals surface area contributed by atoms with Gasteiger partial charge in [-0.05, 0) is 50.7 Å². The second-order valence-corrected chi connectivity index (χ2v) is 10.8. The first kappa shape index (κ1) is 23.4. The van der Waals surface area contributed by atoms with Gasteiger partial charge in [0.05, 0.1) is 17.1 Å². The maximum atomic E-state index is 13.1. The van der Waals surface area contributed by atoms with Crippen LogP contribution < -0.4 is 5.32 Å². The summed E-state index contributed by atoms with van der Waals surface area (Å²) in [4.78, 5) is 49.4. The summed E-state index contributed by atoms with van der Waals surface area (Å²) >= 11 is 0. The molecule has 5 N–H and O–H groups in total. The molecule has 5 fully saturated rings. The van der Waals surface area contributed by atoms with Crippen molar-refractivity contribution in [2.75, 3.05) is 5.32 Å². The average molecular weight is 489 g/mol. The van der Waals surface area contributed by atoms with Gasteiger partial charge in [-0.3, -0.25) is 9.59 Å². The van der Waals surface area contributed by atoms with Crippen LogP contribution in [0.5, 0.6) is 11.5 Å². The number of carbonyl (C=O) groups excluding carboxylic acids is 2. The van der Waals surface area contributed by atoms with Crippen LogP contribution in [0, 0.1) is 22.7 Å². The van der Waals surface area contributed by atoms with Gasteiger partial charge in [0.15, 0.2) is 5.75 Å². The lowest BCUT2D eigenvalue weighted by atomic mass is 9.51. The van der Waals surface area contributed by atoms with Crippen LogP contribution in [-0.2, 0) is 23.9 Å². The zero-order valence-electron chi connectivity index (χ0n) is 19.2. The molecule has 5 aliphatic rings. The number of ether oxygens (including phenoxy) is 2. The van der Waals surface area contributed by atoms with E-state index in [9.17, 15) is 34.5 Å². The number of cyclic esters (lactones) is 1. The molecule has 1 aromatic rings. The minimum atomic E-state index is -1.47. The van der Waals surface area contributed by atoms with Gasteiger partial charge in [0.2, 0.25) is 12.0 Å². The van der Waals surface area contributed by atoms with Gasteiger partial charge < -0.3 is 35.2 Å². The fraction of sp³-hybridized carbons (Fsp3) is 0.583. The lowest BCUT2D eigenvalue weighted by Gasteiger charge is -2.58. The molecule has 1 aromatic carbocycles. The topological polar surface area (TPSA) is 180 Å². The first-order chi connectivity index (χ1) is 16.3. The number of anilines is 1.